The molecule has 0 N–H and O–H groups in total. The third kappa shape index (κ3) is 2.36. The fourth-order valence-corrected chi connectivity index (χ4v) is 3.01. The smallest absolute Gasteiger partial charge is 0.0942 e. The van der Waals surface area contributed by atoms with Gasteiger partial charge in [-0.15, -0.1) is 22.9 Å². The average Bonchev–Trinajstić information content (AvgIpc) is 2.65. The molecule has 1 aromatic heterocycles. The molecule has 0 amide bonds. The van der Waals surface area contributed by atoms with Gasteiger partial charge in [0.15, 0.2) is 0 Å². The van der Waals surface area contributed by atoms with E-state index in [4.69, 9.17) is 23.2 Å². The number of thiophene rings is 1. The summed E-state index contributed by atoms with van der Waals surface area (Å²) in [6, 6.07) is 10.1. The predicted octanol–water partition coefficient (Wildman–Crippen LogP) is 5.04. The van der Waals surface area contributed by atoms with Crippen LogP contribution < -0.4 is 0 Å². The van der Waals surface area contributed by atoms with Crippen molar-refractivity contribution in [3.63, 3.8) is 0 Å². The maximum absolute atomic E-state index is 6.36. The molecule has 78 valence electrons. The van der Waals surface area contributed by atoms with Crippen LogP contribution in [0.25, 0.3) is 0 Å². The standard InChI is InChI=1S/C12H10Cl2S/c1-8-2-4-9(5-3-8)11(14)12-10(13)6-7-15-12/h2-7,11H,1H3. The highest BCUT2D eigenvalue weighted by Crippen LogP contribution is 2.37. The van der Waals surface area contributed by atoms with Crippen molar-refractivity contribution >= 4 is 34.5 Å². The molecule has 0 fully saturated rings. The molecular formula is C12H10Cl2S. The van der Waals surface area contributed by atoms with Crippen molar-refractivity contribution in [1.82, 2.24) is 0 Å². The van der Waals surface area contributed by atoms with Crippen molar-refractivity contribution in [2.45, 2.75) is 12.3 Å². The fraction of sp³-hybridized carbons (Fsp3) is 0.167. The minimum absolute atomic E-state index is 0.141. The normalized spacial score (nSPS) is 12.7. The third-order valence-electron chi connectivity index (χ3n) is 2.24. The summed E-state index contributed by atoms with van der Waals surface area (Å²) in [4.78, 5) is 1.02. The van der Waals surface area contributed by atoms with Crippen molar-refractivity contribution in [2.75, 3.05) is 0 Å². The molecule has 1 atom stereocenters. The van der Waals surface area contributed by atoms with Crippen LogP contribution in [0.3, 0.4) is 0 Å². The molecule has 0 nitrogen and oxygen atoms in total. The number of hydrogen-bond acceptors (Lipinski definition) is 1. The van der Waals surface area contributed by atoms with Gasteiger partial charge in [-0.05, 0) is 23.9 Å². The second-order valence-electron chi connectivity index (χ2n) is 3.41. The van der Waals surface area contributed by atoms with Gasteiger partial charge in [0.2, 0.25) is 0 Å². The van der Waals surface area contributed by atoms with Gasteiger partial charge in [0.05, 0.1) is 10.4 Å². The monoisotopic (exact) mass is 256 g/mol. The lowest BCUT2D eigenvalue weighted by molar-refractivity contribution is 1.18. The third-order valence-corrected chi connectivity index (χ3v) is 4.27. The van der Waals surface area contributed by atoms with Crippen LogP contribution in [-0.4, -0.2) is 0 Å². The zero-order valence-electron chi connectivity index (χ0n) is 8.21. The van der Waals surface area contributed by atoms with Gasteiger partial charge in [-0.25, -0.2) is 0 Å². The molecule has 2 rings (SSSR count). The summed E-state index contributed by atoms with van der Waals surface area (Å²) in [5.74, 6) is 0. The zero-order valence-corrected chi connectivity index (χ0v) is 10.5. The summed E-state index contributed by atoms with van der Waals surface area (Å²) in [7, 11) is 0. The number of hydrogen-bond donors (Lipinski definition) is 0. The molecule has 3 heteroatoms. The summed E-state index contributed by atoms with van der Waals surface area (Å²) >= 11 is 14.0. The van der Waals surface area contributed by atoms with E-state index in [1.165, 1.54) is 5.56 Å². The Kier molecular flexibility index (Phi) is 3.35. The molecule has 0 saturated carbocycles. The van der Waals surface area contributed by atoms with Gasteiger partial charge in [-0.1, -0.05) is 41.4 Å². The van der Waals surface area contributed by atoms with Crippen LogP contribution >= 0.6 is 34.5 Å². The summed E-state index contributed by atoms with van der Waals surface area (Å²) < 4.78 is 0. The van der Waals surface area contributed by atoms with Crippen molar-refractivity contribution in [2.24, 2.45) is 0 Å². The second-order valence-corrected chi connectivity index (χ2v) is 5.20. The highest BCUT2D eigenvalue weighted by molar-refractivity contribution is 7.11. The first kappa shape index (κ1) is 11.0. The lowest BCUT2D eigenvalue weighted by Gasteiger charge is -2.08. The summed E-state index contributed by atoms with van der Waals surface area (Å²) in [5.41, 5.74) is 2.33. The van der Waals surface area contributed by atoms with E-state index >= 15 is 0 Å². The topological polar surface area (TPSA) is 0 Å². The first-order valence-corrected chi connectivity index (χ1v) is 6.31. The Morgan fingerprint density at radius 2 is 1.80 bits per heavy atom. The lowest BCUT2D eigenvalue weighted by atomic mass is 10.1. The molecule has 2 aromatic rings. The van der Waals surface area contributed by atoms with Gasteiger partial charge in [0.1, 0.15) is 0 Å². The van der Waals surface area contributed by atoms with E-state index in [0.717, 1.165) is 15.5 Å². The van der Waals surface area contributed by atoms with E-state index in [2.05, 4.69) is 19.1 Å². The Hall–Kier alpha value is -0.500. The van der Waals surface area contributed by atoms with Crippen molar-refractivity contribution in [3.8, 4) is 0 Å². The molecular weight excluding hydrogens is 247 g/mol. The van der Waals surface area contributed by atoms with Gasteiger partial charge >= 0.3 is 0 Å². The SMILES string of the molecule is Cc1ccc(C(Cl)c2sccc2Cl)cc1. The van der Waals surface area contributed by atoms with Gasteiger partial charge < -0.3 is 0 Å². The Morgan fingerprint density at radius 1 is 1.13 bits per heavy atom. The average molecular weight is 257 g/mol. The molecule has 0 aliphatic rings. The maximum atomic E-state index is 6.36. The summed E-state index contributed by atoms with van der Waals surface area (Å²) in [6.45, 7) is 2.06. The van der Waals surface area contributed by atoms with Crippen molar-refractivity contribution in [3.05, 3.63) is 56.7 Å². The highest BCUT2D eigenvalue weighted by atomic mass is 35.5. The molecule has 0 saturated heterocycles. The quantitative estimate of drug-likeness (QED) is 0.661. The molecule has 0 radical (unpaired) electrons. The van der Waals surface area contributed by atoms with E-state index in [1.54, 1.807) is 11.3 Å². The van der Waals surface area contributed by atoms with Crippen molar-refractivity contribution in [1.29, 1.82) is 0 Å². The summed E-state index contributed by atoms with van der Waals surface area (Å²) in [5, 5.41) is 2.57. The van der Waals surface area contributed by atoms with Crippen LogP contribution in [-0.2, 0) is 0 Å². The zero-order chi connectivity index (χ0) is 10.8. The Labute approximate surface area is 103 Å². The minimum Gasteiger partial charge on any atom is -0.145 e. The molecule has 15 heavy (non-hydrogen) atoms. The molecule has 0 bridgehead atoms. The lowest BCUT2D eigenvalue weighted by Crippen LogP contribution is -1.90. The van der Waals surface area contributed by atoms with E-state index in [1.807, 2.05) is 23.6 Å². The number of benzene rings is 1. The molecule has 1 unspecified atom stereocenters. The number of aryl methyl sites for hydroxylation is 1. The molecule has 1 heterocycles. The molecule has 0 spiro atoms. The van der Waals surface area contributed by atoms with Crippen LogP contribution in [0.4, 0.5) is 0 Å². The Morgan fingerprint density at radius 3 is 2.33 bits per heavy atom. The minimum atomic E-state index is -0.141. The highest BCUT2D eigenvalue weighted by Gasteiger charge is 2.14. The molecule has 0 aliphatic heterocycles. The van der Waals surface area contributed by atoms with Crippen LogP contribution in [0.1, 0.15) is 21.4 Å². The largest absolute Gasteiger partial charge is 0.145 e. The fourth-order valence-electron chi connectivity index (χ4n) is 1.37. The van der Waals surface area contributed by atoms with Crippen LogP contribution in [0.15, 0.2) is 35.7 Å². The number of rotatable bonds is 2. The Balaban J connectivity index is 2.32. The van der Waals surface area contributed by atoms with E-state index in [0.29, 0.717) is 0 Å². The van der Waals surface area contributed by atoms with E-state index < -0.39 is 0 Å². The second kappa shape index (κ2) is 4.56. The maximum Gasteiger partial charge on any atom is 0.0942 e. The van der Waals surface area contributed by atoms with Gasteiger partial charge in [0.25, 0.3) is 0 Å². The summed E-state index contributed by atoms with van der Waals surface area (Å²) in [6.07, 6.45) is 0. The van der Waals surface area contributed by atoms with Crippen LogP contribution in [0.2, 0.25) is 5.02 Å². The molecule has 1 aromatic carbocycles. The predicted molar refractivity (Wildman–Crippen MR) is 68.2 cm³/mol. The Bertz CT molecular complexity index is 445. The van der Waals surface area contributed by atoms with Crippen LogP contribution in [0.5, 0.6) is 0 Å². The first-order chi connectivity index (χ1) is 7.18. The van der Waals surface area contributed by atoms with E-state index in [-0.39, 0.29) is 5.38 Å². The first-order valence-electron chi connectivity index (χ1n) is 4.62. The van der Waals surface area contributed by atoms with Crippen molar-refractivity contribution < 1.29 is 0 Å². The van der Waals surface area contributed by atoms with Crippen LogP contribution in [0, 0.1) is 6.92 Å². The number of alkyl halides is 1. The van der Waals surface area contributed by atoms with E-state index in [9.17, 15) is 0 Å². The van der Waals surface area contributed by atoms with Gasteiger partial charge in [-0.2, -0.15) is 0 Å². The molecule has 0 aliphatic carbocycles. The van der Waals surface area contributed by atoms with Gasteiger partial charge in [0, 0.05) is 4.88 Å². The van der Waals surface area contributed by atoms with Gasteiger partial charge in [-0.3, -0.25) is 0 Å². The number of halogens is 2.